The second-order valence-corrected chi connectivity index (χ2v) is 5.63. The van der Waals surface area contributed by atoms with E-state index in [2.05, 4.69) is 4.98 Å². The van der Waals surface area contributed by atoms with E-state index in [0.717, 1.165) is 28.0 Å². The number of alkyl halides is 3. The normalized spacial score (nSPS) is 12.0. The number of fused-ring (bicyclic) bond motifs is 1. The van der Waals surface area contributed by atoms with E-state index in [1.54, 1.807) is 0 Å². The summed E-state index contributed by atoms with van der Waals surface area (Å²) in [6.07, 6.45) is -4.35. The highest BCUT2D eigenvalue weighted by atomic mass is 32.1. The second kappa shape index (κ2) is 5.13. The monoisotopic (exact) mass is 308 g/mol. The van der Waals surface area contributed by atoms with E-state index in [9.17, 15) is 13.2 Å². The van der Waals surface area contributed by atoms with Gasteiger partial charge in [-0.15, -0.1) is 11.3 Å². The highest BCUT2D eigenvalue weighted by Gasteiger charge is 2.30. The van der Waals surface area contributed by atoms with E-state index in [1.807, 2.05) is 24.3 Å². The number of hydrogen-bond donors (Lipinski definition) is 1. The Morgan fingerprint density at radius 2 is 1.76 bits per heavy atom. The van der Waals surface area contributed by atoms with Crippen molar-refractivity contribution >= 4 is 21.6 Å². The van der Waals surface area contributed by atoms with Crippen LogP contribution in [0, 0.1) is 0 Å². The molecular weight excluding hydrogens is 297 g/mol. The lowest BCUT2D eigenvalue weighted by Gasteiger charge is -2.04. The van der Waals surface area contributed by atoms with Gasteiger partial charge in [-0.05, 0) is 23.8 Å². The predicted octanol–water partition coefficient (Wildman–Crippen LogP) is 4.44. The number of thiazole rings is 1. The van der Waals surface area contributed by atoms with Crippen LogP contribution in [0.2, 0.25) is 0 Å². The molecule has 21 heavy (non-hydrogen) atoms. The minimum absolute atomic E-state index is 0.368. The van der Waals surface area contributed by atoms with E-state index >= 15 is 0 Å². The predicted molar refractivity (Wildman–Crippen MR) is 77.9 cm³/mol. The van der Waals surface area contributed by atoms with Crippen molar-refractivity contribution in [3.05, 3.63) is 53.6 Å². The molecule has 0 bridgehead atoms. The minimum atomic E-state index is -4.35. The van der Waals surface area contributed by atoms with Crippen LogP contribution in [0.15, 0.2) is 42.5 Å². The summed E-state index contributed by atoms with van der Waals surface area (Å²) in [7, 11) is 0. The Morgan fingerprint density at radius 3 is 2.38 bits per heavy atom. The highest BCUT2D eigenvalue weighted by Crippen LogP contribution is 2.35. The molecule has 108 valence electrons. The van der Waals surface area contributed by atoms with Crippen LogP contribution in [0.5, 0.6) is 0 Å². The van der Waals surface area contributed by atoms with Gasteiger partial charge in [0.05, 0.1) is 15.8 Å². The zero-order chi connectivity index (χ0) is 15.0. The molecule has 2 N–H and O–H groups in total. The van der Waals surface area contributed by atoms with E-state index in [0.29, 0.717) is 17.1 Å². The number of hydrogen-bond acceptors (Lipinski definition) is 3. The first-order chi connectivity index (χ1) is 9.97. The highest BCUT2D eigenvalue weighted by molar-refractivity contribution is 7.21. The third kappa shape index (κ3) is 2.77. The molecule has 2 aromatic carbocycles. The van der Waals surface area contributed by atoms with E-state index < -0.39 is 11.7 Å². The maximum atomic E-state index is 12.7. The maximum absolute atomic E-state index is 12.7. The Morgan fingerprint density at radius 1 is 1.05 bits per heavy atom. The van der Waals surface area contributed by atoms with Gasteiger partial charge in [0.2, 0.25) is 0 Å². The molecule has 0 aliphatic rings. The smallest absolute Gasteiger partial charge is 0.326 e. The molecule has 2 nitrogen and oxygen atoms in total. The molecule has 0 unspecified atom stereocenters. The Kier molecular flexibility index (Phi) is 3.43. The fraction of sp³-hybridized carbons (Fsp3) is 0.133. The van der Waals surface area contributed by atoms with Crippen molar-refractivity contribution in [2.24, 2.45) is 5.73 Å². The average Bonchev–Trinajstić information content (AvgIpc) is 2.89. The third-order valence-electron chi connectivity index (χ3n) is 3.15. The molecule has 0 atom stereocenters. The molecule has 6 heteroatoms. The minimum Gasteiger partial charge on any atom is -0.326 e. The molecule has 0 saturated carbocycles. The summed E-state index contributed by atoms with van der Waals surface area (Å²) in [5.41, 5.74) is 7.11. The van der Waals surface area contributed by atoms with Crippen LogP contribution in [-0.2, 0) is 12.7 Å². The third-order valence-corrected chi connectivity index (χ3v) is 4.24. The van der Waals surface area contributed by atoms with Crippen LogP contribution in [-0.4, -0.2) is 4.98 Å². The van der Waals surface area contributed by atoms with Gasteiger partial charge in [0.1, 0.15) is 5.01 Å². The molecule has 1 aromatic heterocycles. The van der Waals surface area contributed by atoms with Crippen molar-refractivity contribution in [2.45, 2.75) is 12.7 Å². The fourth-order valence-corrected chi connectivity index (χ4v) is 2.96. The lowest BCUT2D eigenvalue weighted by atomic mass is 10.1. The van der Waals surface area contributed by atoms with Gasteiger partial charge in [-0.3, -0.25) is 0 Å². The fourth-order valence-electron chi connectivity index (χ4n) is 2.01. The molecule has 3 aromatic rings. The zero-order valence-electron chi connectivity index (χ0n) is 10.8. The van der Waals surface area contributed by atoms with Gasteiger partial charge in [0, 0.05) is 12.1 Å². The molecule has 0 fully saturated rings. The Labute approximate surface area is 123 Å². The summed E-state index contributed by atoms with van der Waals surface area (Å²) in [5, 5.41) is 0.702. The second-order valence-electron chi connectivity index (χ2n) is 4.60. The first kappa shape index (κ1) is 14.0. The number of benzene rings is 2. The molecule has 0 radical (unpaired) electrons. The van der Waals surface area contributed by atoms with Gasteiger partial charge in [-0.25, -0.2) is 4.98 Å². The van der Waals surface area contributed by atoms with Crippen molar-refractivity contribution in [1.29, 1.82) is 0 Å². The Bertz CT molecular complexity index is 776. The first-order valence-corrected chi connectivity index (χ1v) is 7.06. The van der Waals surface area contributed by atoms with Crippen molar-refractivity contribution in [2.75, 3.05) is 0 Å². The zero-order valence-corrected chi connectivity index (χ0v) is 11.6. The van der Waals surface area contributed by atoms with Crippen LogP contribution in [0.1, 0.15) is 11.1 Å². The largest absolute Gasteiger partial charge is 0.416 e. The molecule has 0 aliphatic heterocycles. The van der Waals surface area contributed by atoms with Crippen LogP contribution < -0.4 is 5.73 Å². The molecule has 0 amide bonds. The number of halogens is 3. The van der Waals surface area contributed by atoms with Crippen molar-refractivity contribution < 1.29 is 13.2 Å². The first-order valence-electron chi connectivity index (χ1n) is 6.24. The van der Waals surface area contributed by atoms with Crippen molar-refractivity contribution in [3.8, 4) is 10.6 Å². The SMILES string of the molecule is NCc1ccc(-c2nc3cc(C(F)(F)F)ccc3s2)cc1. The van der Waals surface area contributed by atoms with E-state index in [1.165, 1.54) is 17.4 Å². The summed E-state index contributed by atoms with van der Waals surface area (Å²) in [4.78, 5) is 4.30. The topological polar surface area (TPSA) is 38.9 Å². The van der Waals surface area contributed by atoms with Gasteiger partial charge < -0.3 is 5.73 Å². The number of nitrogens with zero attached hydrogens (tertiary/aromatic N) is 1. The summed E-state index contributed by atoms with van der Waals surface area (Å²) in [5.74, 6) is 0. The average molecular weight is 308 g/mol. The molecule has 1 heterocycles. The quantitative estimate of drug-likeness (QED) is 0.760. The molecule has 0 saturated heterocycles. The summed E-state index contributed by atoms with van der Waals surface area (Å²) in [6, 6.07) is 11.2. The van der Waals surface area contributed by atoms with Gasteiger partial charge in [0.15, 0.2) is 0 Å². The molecule has 3 rings (SSSR count). The van der Waals surface area contributed by atoms with Crippen LogP contribution in [0.4, 0.5) is 13.2 Å². The van der Waals surface area contributed by atoms with Crippen molar-refractivity contribution in [1.82, 2.24) is 4.98 Å². The Hall–Kier alpha value is -1.92. The summed E-state index contributed by atoms with van der Waals surface area (Å²) in [6.45, 7) is 0.453. The van der Waals surface area contributed by atoms with Crippen LogP contribution >= 0.6 is 11.3 Å². The molecule has 0 aliphatic carbocycles. The lowest BCUT2D eigenvalue weighted by molar-refractivity contribution is -0.137. The number of rotatable bonds is 2. The summed E-state index contributed by atoms with van der Waals surface area (Å²) >= 11 is 1.37. The van der Waals surface area contributed by atoms with Crippen molar-refractivity contribution in [3.63, 3.8) is 0 Å². The van der Waals surface area contributed by atoms with E-state index in [4.69, 9.17) is 5.73 Å². The van der Waals surface area contributed by atoms with Crippen LogP contribution in [0.25, 0.3) is 20.8 Å². The van der Waals surface area contributed by atoms with Gasteiger partial charge >= 0.3 is 6.18 Å². The summed E-state index contributed by atoms with van der Waals surface area (Å²) < 4.78 is 38.8. The van der Waals surface area contributed by atoms with Gasteiger partial charge in [-0.1, -0.05) is 24.3 Å². The molecular formula is C15H11F3N2S. The van der Waals surface area contributed by atoms with Gasteiger partial charge in [0.25, 0.3) is 0 Å². The number of aromatic nitrogens is 1. The van der Waals surface area contributed by atoms with E-state index in [-0.39, 0.29) is 0 Å². The standard InChI is InChI=1S/C15H11F3N2S/c16-15(17,18)11-5-6-13-12(7-11)20-14(21-13)10-3-1-9(8-19)2-4-10/h1-7H,8,19H2. The number of nitrogens with two attached hydrogens (primary N) is 1. The maximum Gasteiger partial charge on any atom is 0.416 e. The van der Waals surface area contributed by atoms with Gasteiger partial charge in [-0.2, -0.15) is 13.2 Å². The molecule has 0 spiro atoms. The Balaban J connectivity index is 2.04. The lowest BCUT2D eigenvalue weighted by Crippen LogP contribution is -2.03. The van der Waals surface area contributed by atoms with Crippen LogP contribution in [0.3, 0.4) is 0 Å².